The van der Waals surface area contributed by atoms with Crippen LogP contribution in [0.3, 0.4) is 0 Å². The van der Waals surface area contributed by atoms with Gasteiger partial charge in [-0.25, -0.2) is 4.98 Å². The zero-order valence-corrected chi connectivity index (χ0v) is 16.8. The highest BCUT2D eigenvalue weighted by atomic mass is 32.1. The van der Waals surface area contributed by atoms with Gasteiger partial charge in [-0.1, -0.05) is 12.1 Å². The first-order chi connectivity index (χ1) is 14.1. The van der Waals surface area contributed by atoms with E-state index in [1.165, 1.54) is 11.3 Å². The highest BCUT2D eigenvalue weighted by molar-refractivity contribution is 7.08. The van der Waals surface area contributed by atoms with Gasteiger partial charge >= 0.3 is 0 Å². The number of nitrogens with zero attached hydrogens (tertiary/aromatic N) is 1. The molecule has 2 N–H and O–H groups in total. The van der Waals surface area contributed by atoms with Gasteiger partial charge in [-0.2, -0.15) is 11.3 Å². The van der Waals surface area contributed by atoms with Crippen LogP contribution in [0.1, 0.15) is 34.7 Å². The zero-order valence-electron chi connectivity index (χ0n) is 15.9. The van der Waals surface area contributed by atoms with Gasteiger partial charge in [0, 0.05) is 17.6 Å². The lowest BCUT2D eigenvalue weighted by Crippen LogP contribution is -2.27. The number of ether oxygens (including phenoxy) is 1. The highest BCUT2D eigenvalue weighted by Crippen LogP contribution is 2.29. The molecule has 2 amide bonds. The van der Waals surface area contributed by atoms with Crippen LogP contribution in [0.4, 0.5) is 5.69 Å². The van der Waals surface area contributed by atoms with E-state index in [2.05, 4.69) is 15.6 Å². The normalized spacial score (nSPS) is 16.0. The van der Waals surface area contributed by atoms with E-state index in [0.29, 0.717) is 40.8 Å². The molecule has 1 fully saturated rings. The molecule has 0 bridgehead atoms. The molecule has 0 spiro atoms. The number of hydrogen-bond acceptors (Lipinski definition) is 6. The molecule has 1 saturated heterocycles. The van der Waals surface area contributed by atoms with Gasteiger partial charge in [0.25, 0.3) is 11.8 Å². The third-order valence-corrected chi connectivity index (χ3v) is 5.41. The Labute approximate surface area is 172 Å². The topological polar surface area (TPSA) is 93.5 Å². The summed E-state index contributed by atoms with van der Waals surface area (Å²) >= 11 is 1.47. The molecule has 0 saturated carbocycles. The monoisotopic (exact) mass is 411 g/mol. The van der Waals surface area contributed by atoms with E-state index in [1.54, 1.807) is 24.4 Å². The van der Waals surface area contributed by atoms with Crippen molar-refractivity contribution >= 4 is 28.8 Å². The van der Waals surface area contributed by atoms with Gasteiger partial charge in [-0.05, 0) is 43.3 Å². The minimum absolute atomic E-state index is 0.153. The molecule has 3 heterocycles. The maximum Gasteiger partial charge on any atom is 0.253 e. The van der Waals surface area contributed by atoms with E-state index in [4.69, 9.17) is 9.15 Å². The number of benzene rings is 1. The zero-order chi connectivity index (χ0) is 20.2. The second kappa shape index (κ2) is 8.59. The number of amides is 2. The molecule has 0 unspecified atom stereocenters. The maximum atomic E-state index is 12.4. The number of carbonyl (C=O) groups is 2. The fourth-order valence-corrected chi connectivity index (χ4v) is 3.78. The Morgan fingerprint density at radius 2 is 2.14 bits per heavy atom. The maximum absolute atomic E-state index is 12.4. The van der Waals surface area contributed by atoms with Crippen LogP contribution in [0.25, 0.3) is 11.5 Å². The number of oxazole rings is 1. The first-order valence-electron chi connectivity index (χ1n) is 9.40. The number of aromatic nitrogens is 1. The molecule has 3 aromatic rings. The summed E-state index contributed by atoms with van der Waals surface area (Å²) < 4.78 is 11.3. The molecule has 150 valence electrons. The predicted molar refractivity (Wildman–Crippen MR) is 110 cm³/mol. The number of hydrogen-bond donors (Lipinski definition) is 2. The van der Waals surface area contributed by atoms with Gasteiger partial charge in [-0.3, -0.25) is 9.59 Å². The highest BCUT2D eigenvalue weighted by Gasteiger charge is 2.25. The van der Waals surface area contributed by atoms with E-state index >= 15 is 0 Å². The Morgan fingerprint density at radius 3 is 2.90 bits per heavy atom. The molecule has 1 aliphatic rings. The third-order valence-electron chi connectivity index (χ3n) is 4.73. The average molecular weight is 411 g/mol. The van der Waals surface area contributed by atoms with Crippen LogP contribution < -0.4 is 10.6 Å². The van der Waals surface area contributed by atoms with E-state index < -0.39 is 6.10 Å². The van der Waals surface area contributed by atoms with Crippen LogP contribution in [0.5, 0.6) is 0 Å². The number of carbonyl (C=O) groups excluding carboxylic acids is 2. The third kappa shape index (κ3) is 4.38. The van der Waals surface area contributed by atoms with Crippen molar-refractivity contribution < 1.29 is 18.7 Å². The van der Waals surface area contributed by atoms with Crippen molar-refractivity contribution in [1.29, 1.82) is 0 Å². The first-order valence-corrected chi connectivity index (χ1v) is 10.3. The van der Waals surface area contributed by atoms with Gasteiger partial charge in [0.15, 0.2) is 0 Å². The largest absolute Gasteiger partial charge is 0.441 e. The number of para-hydroxylation sites is 1. The van der Waals surface area contributed by atoms with E-state index in [-0.39, 0.29) is 18.4 Å². The SMILES string of the molecule is Cc1oc(-c2ccccc2NC(=O)[C@@H]2CCCO2)nc1CNC(=O)c1ccsc1. The Morgan fingerprint density at radius 1 is 1.28 bits per heavy atom. The Bertz CT molecular complexity index is 1010. The summed E-state index contributed by atoms with van der Waals surface area (Å²) in [5.74, 6) is 0.692. The summed E-state index contributed by atoms with van der Waals surface area (Å²) in [5, 5.41) is 9.42. The minimum atomic E-state index is -0.419. The van der Waals surface area contributed by atoms with Gasteiger partial charge in [0.05, 0.1) is 17.8 Å². The van der Waals surface area contributed by atoms with E-state index in [0.717, 1.165) is 12.8 Å². The van der Waals surface area contributed by atoms with Crippen molar-refractivity contribution in [2.24, 2.45) is 0 Å². The molecule has 0 aliphatic carbocycles. The number of thiophene rings is 1. The molecule has 1 atom stereocenters. The van der Waals surface area contributed by atoms with Gasteiger partial charge < -0.3 is 19.8 Å². The lowest BCUT2D eigenvalue weighted by molar-refractivity contribution is -0.124. The number of anilines is 1. The van der Waals surface area contributed by atoms with Crippen LogP contribution >= 0.6 is 11.3 Å². The molecule has 8 heteroatoms. The number of aryl methyl sites for hydroxylation is 1. The second-order valence-corrected chi connectivity index (χ2v) is 7.53. The molecule has 7 nitrogen and oxygen atoms in total. The molecule has 29 heavy (non-hydrogen) atoms. The molecule has 1 aliphatic heterocycles. The number of nitrogens with one attached hydrogen (secondary N) is 2. The van der Waals surface area contributed by atoms with E-state index in [1.807, 2.05) is 23.6 Å². The van der Waals surface area contributed by atoms with Crippen molar-refractivity contribution in [3.8, 4) is 11.5 Å². The summed E-state index contributed by atoms with van der Waals surface area (Å²) in [6.07, 6.45) is 1.19. The standard InChI is InChI=1S/C21H21N3O4S/c1-13-17(11-22-19(25)14-8-10-29-12-14)24-21(28-13)15-5-2-3-6-16(15)23-20(26)18-7-4-9-27-18/h2-3,5-6,8,10,12,18H,4,7,9,11H2,1H3,(H,22,25)(H,23,26)/t18-/m0/s1. The summed E-state index contributed by atoms with van der Waals surface area (Å²) in [7, 11) is 0. The van der Waals surface area contributed by atoms with Gasteiger partial charge in [-0.15, -0.1) is 0 Å². The van der Waals surface area contributed by atoms with Crippen LogP contribution in [0.15, 0.2) is 45.5 Å². The molecule has 0 radical (unpaired) electrons. The summed E-state index contributed by atoms with van der Waals surface area (Å²) in [5.41, 5.74) is 2.56. The van der Waals surface area contributed by atoms with Gasteiger partial charge in [0.2, 0.25) is 5.89 Å². The molecular formula is C21H21N3O4S. The van der Waals surface area contributed by atoms with Crippen molar-refractivity contribution in [2.45, 2.75) is 32.4 Å². The second-order valence-electron chi connectivity index (χ2n) is 6.75. The van der Waals surface area contributed by atoms with Crippen molar-refractivity contribution in [3.63, 3.8) is 0 Å². The minimum Gasteiger partial charge on any atom is -0.441 e. The summed E-state index contributed by atoms with van der Waals surface area (Å²) in [6, 6.07) is 9.11. The van der Waals surface area contributed by atoms with Crippen molar-refractivity contribution in [1.82, 2.24) is 10.3 Å². The van der Waals surface area contributed by atoms with Crippen molar-refractivity contribution in [2.75, 3.05) is 11.9 Å². The average Bonchev–Trinajstić information content (AvgIpc) is 3.48. The van der Waals surface area contributed by atoms with Crippen LogP contribution in [-0.2, 0) is 16.1 Å². The lowest BCUT2D eigenvalue weighted by atomic mass is 10.1. The Balaban J connectivity index is 1.49. The van der Waals surface area contributed by atoms with Crippen LogP contribution in [-0.4, -0.2) is 29.5 Å². The van der Waals surface area contributed by atoms with Gasteiger partial charge in [0.1, 0.15) is 17.6 Å². The first kappa shape index (κ1) is 19.4. The smallest absolute Gasteiger partial charge is 0.253 e. The van der Waals surface area contributed by atoms with Crippen molar-refractivity contribution in [3.05, 3.63) is 58.1 Å². The predicted octanol–water partition coefficient (Wildman–Crippen LogP) is 3.76. The fourth-order valence-electron chi connectivity index (χ4n) is 3.14. The summed E-state index contributed by atoms with van der Waals surface area (Å²) in [6.45, 7) is 2.67. The van der Waals surface area contributed by atoms with Crippen LogP contribution in [0.2, 0.25) is 0 Å². The Kier molecular flexibility index (Phi) is 5.73. The lowest BCUT2D eigenvalue weighted by Gasteiger charge is -2.12. The molecular weight excluding hydrogens is 390 g/mol. The Hall–Kier alpha value is -2.97. The quantitative estimate of drug-likeness (QED) is 0.644. The van der Waals surface area contributed by atoms with Crippen LogP contribution in [0, 0.1) is 6.92 Å². The number of rotatable bonds is 6. The fraction of sp³-hybridized carbons (Fsp3) is 0.286. The summed E-state index contributed by atoms with van der Waals surface area (Å²) in [4.78, 5) is 29.1. The molecule has 2 aromatic heterocycles. The molecule has 4 rings (SSSR count). The van der Waals surface area contributed by atoms with E-state index in [9.17, 15) is 9.59 Å². The molecule has 1 aromatic carbocycles.